The van der Waals surface area contributed by atoms with Crippen LogP contribution in [0.2, 0.25) is 0 Å². The van der Waals surface area contributed by atoms with Gasteiger partial charge in [0.25, 0.3) is 0 Å². The molecule has 0 heterocycles. The first kappa shape index (κ1) is 17.9. The minimum Gasteiger partial charge on any atom is -0.496 e. The van der Waals surface area contributed by atoms with Crippen molar-refractivity contribution in [3.8, 4) is 11.5 Å². The number of carbonyl (C=O) groups excluding carboxylic acids is 1. The molecule has 0 saturated carbocycles. The highest BCUT2D eigenvalue weighted by Gasteiger charge is 2.11. The number of hydrogen-bond donors (Lipinski definition) is 0. The molecular formula is C20H24O4. The molecule has 128 valence electrons. The van der Waals surface area contributed by atoms with E-state index in [-0.39, 0.29) is 19.0 Å². The zero-order valence-corrected chi connectivity index (χ0v) is 14.5. The first-order valence-electron chi connectivity index (χ1n) is 8.08. The van der Waals surface area contributed by atoms with Crippen LogP contribution in [0.15, 0.2) is 48.5 Å². The number of esters is 1. The standard InChI is InChI=1S/C20H24O4/c1-15(2)13-23-19-11-7-5-9-17(19)14-24-20(21)12-16-8-4-6-10-18(16)22-3/h4-11,15H,12-14H2,1-3H3. The highest BCUT2D eigenvalue weighted by atomic mass is 16.5. The first-order valence-corrected chi connectivity index (χ1v) is 8.08. The first-order chi connectivity index (χ1) is 11.6. The van der Waals surface area contributed by atoms with Crippen molar-refractivity contribution in [1.82, 2.24) is 0 Å². The minimum absolute atomic E-state index is 0.180. The van der Waals surface area contributed by atoms with Gasteiger partial charge in [0.05, 0.1) is 20.1 Å². The molecule has 0 unspecified atom stereocenters. The molecule has 0 atom stereocenters. The third-order valence-electron chi connectivity index (χ3n) is 3.46. The molecule has 0 radical (unpaired) electrons. The summed E-state index contributed by atoms with van der Waals surface area (Å²) in [6.07, 6.45) is 0.180. The van der Waals surface area contributed by atoms with E-state index in [9.17, 15) is 4.79 Å². The van der Waals surface area contributed by atoms with Gasteiger partial charge in [-0.3, -0.25) is 4.79 Å². The third-order valence-corrected chi connectivity index (χ3v) is 3.46. The van der Waals surface area contributed by atoms with E-state index in [1.165, 1.54) is 0 Å². The van der Waals surface area contributed by atoms with Gasteiger partial charge >= 0.3 is 5.97 Å². The molecule has 0 N–H and O–H groups in total. The molecule has 0 amide bonds. The quantitative estimate of drug-likeness (QED) is 0.687. The average Bonchev–Trinajstić information content (AvgIpc) is 2.59. The normalized spacial score (nSPS) is 10.5. The van der Waals surface area contributed by atoms with Gasteiger partial charge in [-0.05, 0) is 18.1 Å². The number of methoxy groups -OCH3 is 1. The Kier molecular flexibility index (Phi) is 6.67. The summed E-state index contributed by atoms with van der Waals surface area (Å²) in [4.78, 5) is 12.1. The van der Waals surface area contributed by atoms with Gasteiger partial charge in [0.1, 0.15) is 18.1 Å². The molecule has 2 aromatic carbocycles. The lowest BCUT2D eigenvalue weighted by Crippen LogP contribution is -2.10. The Morgan fingerprint density at radius 3 is 2.25 bits per heavy atom. The van der Waals surface area contributed by atoms with Crippen LogP contribution >= 0.6 is 0 Å². The van der Waals surface area contributed by atoms with E-state index in [1.54, 1.807) is 7.11 Å². The molecule has 0 aliphatic carbocycles. The van der Waals surface area contributed by atoms with Crippen molar-refractivity contribution in [3.63, 3.8) is 0 Å². The van der Waals surface area contributed by atoms with Crippen molar-refractivity contribution in [2.45, 2.75) is 26.9 Å². The Morgan fingerprint density at radius 1 is 0.958 bits per heavy atom. The van der Waals surface area contributed by atoms with Crippen LogP contribution in [0.3, 0.4) is 0 Å². The number of ether oxygens (including phenoxy) is 3. The Bertz CT molecular complexity index is 664. The highest BCUT2D eigenvalue weighted by Crippen LogP contribution is 2.21. The van der Waals surface area contributed by atoms with Gasteiger partial charge in [-0.15, -0.1) is 0 Å². The molecule has 2 rings (SSSR count). The predicted octanol–water partition coefficient (Wildman–Crippen LogP) is 4.02. The zero-order chi connectivity index (χ0) is 17.4. The Labute approximate surface area is 143 Å². The lowest BCUT2D eigenvalue weighted by molar-refractivity contribution is -0.144. The fraction of sp³-hybridized carbons (Fsp3) is 0.350. The van der Waals surface area contributed by atoms with E-state index in [0.717, 1.165) is 16.9 Å². The van der Waals surface area contributed by atoms with E-state index in [4.69, 9.17) is 14.2 Å². The molecule has 4 nitrogen and oxygen atoms in total. The Hall–Kier alpha value is -2.49. The Morgan fingerprint density at radius 2 is 1.58 bits per heavy atom. The summed E-state index contributed by atoms with van der Waals surface area (Å²) in [5, 5.41) is 0. The maximum Gasteiger partial charge on any atom is 0.310 e. The topological polar surface area (TPSA) is 44.8 Å². The van der Waals surface area contributed by atoms with Gasteiger partial charge in [-0.2, -0.15) is 0 Å². The molecule has 0 aliphatic heterocycles. The van der Waals surface area contributed by atoms with Crippen molar-refractivity contribution >= 4 is 5.97 Å². The molecule has 4 heteroatoms. The number of carbonyl (C=O) groups is 1. The van der Waals surface area contributed by atoms with Crippen molar-refractivity contribution in [1.29, 1.82) is 0 Å². The summed E-state index contributed by atoms with van der Waals surface area (Å²) < 4.78 is 16.4. The van der Waals surface area contributed by atoms with Gasteiger partial charge < -0.3 is 14.2 Å². The van der Waals surface area contributed by atoms with Gasteiger partial charge in [-0.1, -0.05) is 50.2 Å². The molecule has 24 heavy (non-hydrogen) atoms. The summed E-state index contributed by atoms with van der Waals surface area (Å²) in [6, 6.07) is 15.1. The number of hydrogen-bond acceptors (Lipinski definition) is 4. The number of benzene rings is 2. The van der Waals surface area contributed by atoms with Crippen LogP contribution in [0.5, 0.6) is 11.5 Å². The van der Waals surface area contributed by atoms with Crippen LogP contribution in [0, 0.1) is 5.92 Å². The summed E-state index contributed by atoms with van der Waals surface area (Å²) >= 11 is 0. The van der Waals surface area contributed by atoms with Crippen LogP contribution in [0.25, 0.3) is 0 Å². The minimum atomic E-state index is -0.293. The van der Waals surface area contributed by atoms with E-state index in [0.29, 0.717) is 18.3 Å². The molecule has 0 aliphatic rings. The lowest BCUT2D eigenvalue weighted by Gasteiger charge is -2.13. The second-order valence-corrected chi connectivity index (χ2v) is 5.96. The van der Waals surface area contributed by atoms with Crippen molar-refractivity contribution in [3.05, 3.63) is 59.7 Å². The fourth-order valence-electron chi connectivity index (χ4n) is 2.23. The summed E-state index contributed by atoms with van der Waals surface area (Å²) in [7, 11) is 1.59. The Balaban J connectivity index is 1.94. The van der Waals surface area contributed by atoms with Gasteiger partial charge in [0.2, 0.25) is 0 Å². The monoisotopic (exact) mass is 328 g/mol. The molecule has 0 fully saturated rings. The van der Waals surface area contributed by atoms with E-state index in [2.05, 4.69) is 13.8 Å². The van der Waals surface area contributed by atoms with Gasteiger partial charge in [0.15, 0.2) is 0 Å². The number of para-hydroxylation sites is 2. The van der Waals surface area contributed by atoms with Crippen molar-refractivity contribution < 1.29 is 19.0 Å². The molecule has 0 aromatic heterocycles. The summed E-state index contributed by atoms with van der Waals surface area (Å²) in [5.74, 6) is 1.59. The third kappa shape index (κ3) is 5.30. The summed E-state index contributed by atoms with van der Waals surface area (Å²) in [6.45, 7) is 5.01. The van der Waals surface area contributed by atoms with Crippen molar-refractivity contribution in [2.75, 3.05) is 13.7 Å². The van der Waals surface area contributed by atoms with Crippen LogP contribution in [-0.4, -0.2) is 19.7 Å². The molecule has 0 spiro atoms. The van der Waals surface area contributed by atoms with Crippen LogP contribution in [0.4, 0.5) is 0 Å². The second kappa shape index (κ2) is 8.96. The lowest BCUT2D eigenvalue weighted by atomic mass is 10.1. The SMILES string of the molecule is COc1ccccc1CC(=O)OCc1ccccc1OCC(C)C. The van der Waals surface area contributed by atoms with Crippen molar-refractivity contribution in [2.24, 2.45) is 5.92 Å². The average molecular weight is 328 g/mol. The second-order valence-electron chi connectivity index (χ2n) is 5.96. The van der Waals surface area contributed by atoms with Crippen LogP contribution in [0.1, 0.15) is 25.0 Å². The molecule has 0 bridgehead atoms. The smallest absolute Gasteiger partial charge is 0.310 e. The maximum absolute atomic E-state index is 12.1. The van der Waals surface area contributed by atoms with Crippen LogP contribution in [-0.2, 0) is 22.6 Å². The van der Waals surface area contributed by atoms with Gasteiger partial charge in [-0.25, -0.2) is 0 Å². The zero-order valence-electron chi connectivity index (χ0n) is 14.5. The summed E-state index contributed by atoms with van der Waals surface area (Å²) in [5.41, 5.74) is 1.68. The molecular weight excluding hydrogens is 304 g/mol. The largest absolute Gasteiger partial charge is 0.496 e. The van der Waals surface area contributed by atoms with Gasteiger partial charge in [0, 0.05) is 11.1 Å². The number of rotatable bonds is 8. The van der Waals surface area contributed by atoms with E-state index in [1.807, 2.05) is 48.5 Å². The van der Waals surface area contributed by atoms with Crippen LogP contribution < -0.4 is 9.47 Å². The molecule has 2 aromatic rings. The van der Waals surface area contributed by atoms with E-state index >= 15 is 0 Å². The van der Waals surface area contributed by atoms with E-state index < -0.39 is 0 Å². The maximum atomic E-state index is 12.1. The molecule has 0 saturated heterocycles. The fourth-order valence-corrected chi connectivity index (χ4v) is 2.23. The predicted molar refractivity (Wildman–Crippen MR) is 93.3 cm³/mol. The highest BCUT2D eigenvalue weighted by molar-refractivity contribution is 5.73.